The van der Waals surface area contributed by atoms with E-state index in [0.717, 1.165) is 24.8 Å². The van der Waals surface area contributed by atoms with Gasteiger partial charge in [-0.25, -0.2) is 13.1 Å². The van der Waals surface area contributed by atoms with E-state index in [1.165, 1.54) is 17.4 Å². The Kier molecular flexibility index (Phi) is 3.49. The first-order valence-electron chi connectivity index (χ1n) is 7.05. The molecule has 0 aliphatic heterocycles. The van der Waals surface area contributed by atoms with Crippen molar-refractivity contribution >= 4 is 15.8 Å². The lowest BCUT2D eigenvalue weighted by Gasteiger charge is -2.27. The highest BCUT2D eigenvalue weighted by Gasteiger charge is 2.25. The lowest BCUT2D eigenvalue weighted by Crippen LogP contribution is -2.22. The molecule has 21 heavy (non-hydrogen) atoms. The van der Waals surface area contributed by atoms with Gasteiger partial charge in [-0.2, -0.15) is 5.10 Å². The predicted molar refractivity (Wildman–Crippen MR) is 82.9 cm³/mol. The van der Waals surface area contributed by atoms with Gasteiger partial charge in [-0.1, -0.05) is 24.3 Å². The Morgan fingerprint density at radius 3 is 2.86 bits per heavy atom. The second-order valence-corrected chi connectivity index (χ2v) is 7.35. The van der Waals surface area contributed by atoms with Crippen LogP contribution >= 0.6 is 0 Å². The van der Waals surface area contributed by atoms with E-state index in [4.69, 9.17) is 0 Å². The molecule has 6 heteroatoms. The van der Waals surface area contributed by atoms with E-state index in [1.54, 1.807) is 6.20 Å². The Hall–Kier alpha value is -1.82. The summed E-state index contributed by atoms with van der Waals surface area (Å²) in [5.41, 5.74) is 3.40. The van der Waals surface area contributed by atoms with Gasteiger partial charge in [0.05, 0.1) is 18.5 Å². The minimum atomic E-state index is -3.32. The van der Waals surface area contributed by atoms with Gasteiger partial charge >= 0.3 is 0 Å². The number of fused-ring (bicyclic) bond motifs is 1. The fourth-order valence-corrected chi connectivity index (χ4v) is 3.58. The average molecular weight is 305 g/mol. The van der Waals surface area contributed by atoms with E-state index in [1.807, 2.05) is 23.7 Å². The van der Waals surface area contributed by atoms with Crippen LogP contribution in [-0.2, 0) is 16.4 Å². The normalized spacial score (nSPS) is 18.3. The van der Waals surface area contributed by atoms with Crippen LogP contribution in [0.4, 0.5) is 5.82 Å². The maximum Gasteiger partial charge on any atom is 0.230 e. The van der Waals surface area contributed by atoms with E-state index >= 15 is 0 Å². The Bertz CT molecular complexity index is 765. The van der Waals surface area contributed by atoms with Crippen molar-refractivity contribution in [2.45, 2.75) is 32.2 Å². The molecule has 1 aliphatic rings. The third-order valence-electron chi connectivity index (χ3n) is 3.89. The molecule has 1 atom stereocenters. The van der Waals surface area contributed by atoms with E-state index in [2.05, 4.69) is 22.0 Å². The molecule has 1 aromatic heterocycles. The molecule has 1 heterocycles. The summed E-state index contributed by atoms with van der Waals surface area (Å²) < 4.78 is 27.6. The van der Waals surface area contributed by atoms with Crippen LogP contribution in [0.1, 0.15) is 35.6 Å². The standard InChI is InChI=1S/C15H19N3O2S/c1-11-10-16-18(15(11)17-21(2,19)20)14-9-5-7-12-6-3-4-8-13(12)14/h3-4,6,8,10,14,17H,5,7,9H2,1-2H3/t14-/m1/s1. The number of aromatic nitrogens is 2. The van der Waals surface area contributed by atoms with Gasteiger partial charge in [0.2, 0.25) is 10.0 Å². The molecule has 2 aromatic rings. The molecule has 0 radical (unpaired) electrons. The summed E-state index contributed by atoms with van der Waals surface area (Å²) in [4.78, 5) is 0. The van der Waals surface area contributed by atoms with Gasteiger partial charge < -0.3 is 0 Å². The third-order valence-corrected chi connectivity index (χ3v) is 4.46. The van der Waals surface area contributed by atoms with Gasteiger partial charge in [-0.3, -0.25) is 4.72 Å². The van der Waals surface area contributed by atoms with Gasteiger partial charge in [0.1, 0.15) is 5.82 Å². The van der Waals surface area contributed by atoms with Crippen LogP contribution in [0.25, 0.3) is 0 Å². The molecule has 1 N–H and O–H groups in total. The van der Waals surface area contributed by atoms with Gasteiger partial charge in [-0.05, 0) is 37.3 Å². The zero-order valence-corrected chi connectivity index (χ0v) is 13.0. The first-order valence-corrected chi connectivity index (χ1v) is 8.94. The zero-order chi connectivity index (χ0) is 15.0. The Balaban J connectivity index is 2.07. The van der Waals surface area contributed by atoms with Crippen LogP contribution in [0.2, 0.25) is 0 Å². The quantitative estimate of drug-likeness (QED) is 0.947. The molecular weight excluding hydrogens is 286 g/mol. The van der Waals surface area contributed by atoms with E-state index < -0.39 is 10.0 Å². The first-order chi connectivity index (χ1) is 9.96. The zero-order valence-electron chi connectivity index (χ0n) is 12.2. The number of benzene rings is 1. The van der Waals surface area contributed by atoms with Crippen LogP contribution in [0.3, 0.4) is 0 Å². The first kappa shape index (κ1) is 14.1. The number of hydrogen-bond donors (Lipinski definition) is 1. The molecule has 112 valence electrons. The number of hydrogen-bond acceptors (Lipinski definition) is 3. The topological polar surface area (TPSA) is 64.0 Å². The highest BCUT2D eigenvalue weighted by atomic mass is 32.2. The van der Waals surface area contributed by atoms with Crippen LogP contribution in [-0.4, -0.2) is 24.5 Å². The smallest absolute Gasteiger partial charge is 0.230 e. The summed E-state index contributed by atoms with van der Waals surface area (Å²) in [7, 11) is -3.32. The predicted octanol–water partition coefficient (Wildman–Crippen LogP) is 2.49. The van der Waals surface area contributed by atoms with Crippen molar-refractivity contribution in [2.75, 3.05) is 11.0 Å². The van der Waals surface area contributed by atoms with Gasteiger partial charge in [-0.15, -0.1) is 0 Å². The highest BCUT2D eigenvalue weighted by Crippen LogP contribution is 2.35. The molecule has 0 saturated heterocycles. The molecule has 1 aliphatic carbocycles. The number of rotatable bonds is 3. The van der Waals surface area contributed by atoms with Gasteiger partial charge in [0.25, 0.3) is 0 Å². The highest BCUT2D eigenvalue weighted by molar-refractivity contribution is 7.92. The van der Waals surface area contributed by atoms with E-state index in [9.17, 15) is 8.42 Å². The number of sulfonamides is 1. The molecule has 0 spiro atoms. The number of nitrogens with zero attached hydrogens (tertiary/aromatic N) is 2. The van der Waals surface area contributed by atoms with Crippen LogP contribution < -0.4 is 4.72 Å². The monoisotopic (exact) mass is 305 g/mol. The van der Waals surface area contributed by atoms with Crippen molar-refractivity contribution in [1.29, 1.82) is 0 Å². The summed E-state index contributed by atoms with van der Waals surface area (Å²) >= 11 is 0. The fourth-order valence-electron chi connectivity index (χ4n) is 2.97. The molecular formula is C15H19N3O2S. The van der Waals surface area contributed by atoms with Gasteiger partial charge in [0.15, 0.2) is 0 Å². The largest absolute Gasteiger partial charge is 0.268 e. The molecule has 0 fully saturated rings. The van der Waals surface area contributed by atoms with E-state index in [-0.39, 0.29) is 6.04 Å². The lowest BCUT2D eigenvalue weighted by molar-refractivity contribution is 0.456. The Morgan fingerprint density at radius 2 is 2.10 bits per heavy atom. The molecule has 0 saturated carbocycles. The second kappa shape index (κ2) is 5.18. The molecule has 0 amide bonds. The summed E-state index contributed by atoms with van der Waals surface area (Å²) in [5.74, 6) is 0.569. The molecule has 0 unspecified atom stereocenters. The number of nitrogens with one attached hydrogen (secondary N) is 1. The van der Waals surface area contributed by atoms with Crippen molar-refractivity contribution < 1.29 is 8.42 Å². The molecule has 0 bridgehead atoms. The summed E-state index contributed by atoms with van der Waals surface area (Å²) in [6.07, 6.45) is 6.00. The minimum absolute atomic E-state index is 0.0906. The molecule has 1 aromatic carbocycles. The Morgan fingerprint density at radius 1 is 1.33 bits per heavy atom. The van der Waals surface area contributed by atoms with Gasteiger partial charge in [0, 0.05) is 5.56 Å². The molecule has 5 nitrogen and oxygen atoms in total. The molecule has 3 rings (SSSR count). The van der Waals surface area contributed by atoms with Crippen molar-refractivity contribution in [3.8, 4) is 0 Å². The third kappa shape index (κ3) is 2.81. The van der Waals surface area contributed by atoms with Crippen LogP contribution in [0.5, 0.6) is 0 Å². The fraction of sp³-hybridized carbons (Fsp3) is 0.400. The van der Waals surface area contributed by atoms with Crippen LogP contribution in [0, 0.1) is 6.92 Å². The maximum absolute atomic E-state index is 11.6. The SMILES string of the molecule is Cc1cnn([C@@H]2CCCc3ccccc32)c1NS(C)(=O)=O. The van der Waals surface area contributed by atoms with Crippen molar-refractivity contribution in [2.24, 2.45) is 0 Å². The lowest BCUT2D eigenvalue weighted by atomic mass is 9.88. The van der Waals surface area contributed by atoms with Crippen LogP contribution in [0.15, 0.2) is 30.5 Å². The summed E-state index contributed by atoms with van der Waals surface area (Å²) in [5, 5.41) is 4.41. The minimum Gasteiger partial charge on any atom is -0.268 e. The summed E-state index contributed by atoms with van der Waals surface area (Å²) in [6, 6.07) is 8.41. The number of aryl methyl sites for hydroxylation is 2. The number of anilines is 1. The maximum atomic E-state index is 11.6. The van der Waals surface area contributed by atoms with Crippen molar-refractivity contribution in [1.82, 2.24) is 9.78 Å². The average Bonchev–Trinajstić information content (AvgIpc) is 2.78. The summed E-state index contributed by atoms with van der Waals surface area (Å²) in [6.45, 7) is 1.87. The van der Waals surface area contributed by atoms with Crippen molar-refractivity contribution in [3.05, 3.63) is 47.2 Å². The Labute approximate surface area is 125 Å². The van der Waals surface area contributed by atoms with Crippen molar-refractivity contribution in [3.63, 3.8) is 0 Å². The second-order valence-electron chi connectivity index (χ2n) is 5.60. The van der Waals surface area contributed by atoms with E-state index in [0.29, 0.717) is 5.82 Å².